The zero-order chi connectivity index (χ0) is 17.5. The van der Waals surface area contributed by atoms with Crippen LogP contribution in [0.5, 0.6) is 11.5 Å². The number of benzene rings is 1. The summed E-state index contributed by atoms with van der Waals surface area (Å²) in [6.07, 6.45) is 3.18. The number of carbonyl (C=O) groups is 2. The maximum Gasteiger partial charge on any atom is 0.306 e. The number of hydrogen-bond donors (Lipinski definition) is 2. The van der Waals surface area contributed by atoms with Crippen molar-refractivity contribution in [2.75, 3.05) is 20.8 Å². The predicted octanol–water partition coefficient (Wildman–Crippen LogP) is 2.25. The number of hydrogen-bond acceptors (Lipinski definition) is 4. The number of methoxy groups -OCH3 is 2. The Morgan fingerprint density at radius 3 is 2.29 bits per heavy atom. The molecule has 1 saturated carbocycles. The zero-order valence-electron chi connectivity index (χ0n) is 14.2. The fourth-order valence-electron chi connectivity index (χ4n) is 3.11. The average molecular weight is 335 g/mol. The third-order valence-corrected chi connectivity index (χ3v) is 4.61. The van der Waals surface area contributed by atoms with Crippen molar-refractivity contribution in [1.82, 2.24) is 5.32 Å². The Balaban J connectivity index is 1.78. The van der Waals surface area contributed by atoms with Gasteiger partial charge < -0.3 is 19.9 Å². The van der Waals surface area contributed by atoms with Gasteiger partial charge in [0, 0.05) is 12.5 Å². The molecule has 1 amide bonds. The highest BCUT2D eigenvalue weighted by molar-refractivity contribution is 5.79. The summed E-state index contributed by atoms with van der Waals surface area (Å²) >= 11 is 0. The molecule has 6 nitrogen and oxygen atoms in total. The van der Waals surface area contributed by atoms with Crippen molar-refractivity contribution in [2.24, 2.45) is 11.8 Å². The standard InChI is InChI=1S/C18H25NO5/c1-23-15-8-3-12(11-16(15)24-2)9-10-19-17(20)13-4-6-14(7-5-13)18(21)22/h3,8,11,13-14H,4-7,9-10H2,1-2H3,(H,19,20)(H,21,22). The highest BCUT2D eigenvalue weighted by atomic mass is 16.5. The zero-order valence-corrected chi connectivity index (χ0v) is 14.2. The Kier molecular flexibility index (Phi) is 6.46. The van der Waals surface area contributed by atoms with Gasteiger partial charge in [-0.1, -0.05) is 6.07 Å². The summed E-state index contributed by atoms with van der Waals surface area (Å²) < 4.78 is 10.5. The molecule has 0 heterocycles. The summed E-state index contributed by atoms with van der Waals surface area (Å²) in [5, 5.41) is 11.9. The van der Waals surface area contributed by atoms with Gasteiger partial charge in [-0.15, -0.1) is 0 Å². The van der Waals surface area contributed by atoms with Crippen molar-refractivity contribution in [3.63, 3.8) is 0 Å². The molecule has 6 heteroatoms. The van der Waals surface area contributed by atoms with Crippen LogP contribution < -0.4 is 14.8 Å². The van der Waals surface area contributed by atoms with Crippen molar-refractivity contribution in [3.8, 4) is 11.5 Å². The maximum absolute atomic E-state index is 12.2. The molecule has 2 rings (SSSR count). The van der Waals surface area contributed by atoms with Gasteiger partial charge in [-0.3, -0.25) is 9.59 Å². The van der Waals surface area contributed by atoms with Crippen LogP contribution in [-0.4, -0.2) is 37.7 Å². The number of carboxylic acid groups (broad SMARTS) is 1. The second-order valence-electron chi connectivity index (χ2n) is 6.12. The van der Waals surface area contributed by atoms with Crippen molar-refractivity contribution >= 4 is 11.9 Å². The van der Waals surface area contributed by atoms with Crippen LogP contribution in [0.25, 0.3) is 0 Å². The van der Waals surface area contributed by atoms with E-state index in [9.17, 15) is 9.59 Å². The summed E-state index contributed by atoms with van der Waals surface area (Å²) in [4.78, 5) is 23.1. The molecule has 0 saturated heterocycles. The van der Waals surface area contributed by atoms with Gasteiger partial charge in [0.05, 0.1) is 20.1 Å². The molecule has 1 aliphatic rings. The lowest BCUT2D eigenvalue weighted by Gasteiger charge is -2.25. The summed E-state index contributed by atoms with van der Waals surface area (Å²) in [6, 6.07) is 5.71. The van der Waals surface area contributed by atoms with Crippen LogP contribution in [0.2, 0.25) is 0 Å². The number of amides is 1. The molecule has 132 valence electrons. The Morgan fingerprint density at radius 1 is 1.08 bits per heavy atom. The van der Waals surface area contributed by atoms with E-state index in [1.165, 1.54) is 0 Å². The van der Waals surface area contributed by atoms with Gasteiger partial charge in [0.1, 0.15) is 0 Å². The Hall–Kier alpha value is -2.24. The third kappa shape index (κ3) is 4.63. The summed E-state index contributed by atoms with van der Waals surface area (Å²) in [7, 11) is 3.19. The number of nitrogens with one attached hydrogen (secondary N) is 1. The smallest absolute Gasteiger partial charge is 0.306 e. The number of aliphatic carboxylic acids is 1. The van der Waals surface area contributed by atoms with Crippen LogP contribution in [0.4, 0.5) is 0 Å². The fourth-order valence-corrected chi connectivity index (χ4v) is 3.11. The van der Waals surface area contributed by atoms with Crippen LogP contribution in [0.15, 0.2) is 18.2 Å². The minimum Gasteiger partial charge on any atom is -0.493 e. The van der Waals surface area contributed by atoms with Gasteiger partial charge >= 0.3 is 5.97 Å². The molecule has 0 aliphatic heterocycles. The molecule has 0 radical (unpaired) electrons. The molecular weight excluding hydrogens is 310 g/mol. The summed E-state index contributed by atoms with van der Waals surface area (Å²) in [5.74, 6) is 0.280. The fraction of sp³-hybridized carbons (Fsp3) is 0.556. The van der Waals surface area contributed by atoms with Gasteiger partial charge in [0.15, 0.2) is 11.5 Å². The third-order valence-electron chi connectivity index (χ3n) is 4.61. The molecule has 0 unspecified atom stereocenters. The van der Waals surface area contributed by atoms with Gasteiger partial charge in [0.25, 0.3) is 0 Å². The van der Waals surface area contributed by atoms with Crippen LogP contribution in [-0.2, 0) is 16.0 Å². The Bertz CT molecular complexity index is 579. The number of ether oxygens (including phenoxy) is 2. The van der Waals surface area contributed by atoms with E-state index >= 15 is 0 Å². The number of carbonyl (C=O) groups excluding carboxylic acids is 1. The van der Waals surface area contributed by atoms with Crippen molar-refractivity contribution in [2.45, 2.75) is 32.1 Å². The van der Waals surface area contributed by atoms with Crippen molar-refractivity contribution in [1.29, 1.82) is 0 Å². The lowest BCUT2D eigenvalue weighted by Crippen LogP contribution is -2.35. The molecule has 1 fully saturated rings. The minimum absolute atomic E-state index is 0.0271. The molecule has 0 bridgehead atoms. The minimum atomic E-state index is -0.748. The molecule has 24 heavy (non-hydrogen) atoms. The summed E-state index contributed by atoms with van der Waals surface area (Å²) in [5.41, 5.74) is 1.06. The molecule has 1 aromatic rings. The highest BCUT2D eigenvalue weighted by Gasteiger charge is 2.29. The second kappa shape index (κ2) is 8.57. The first-order chi connectivity index (χ1) is 11.5. The Labute approximate surface area is 142 Å². The number of rotatable bonds is 7. The van der Waals surface area contributed by atoms with Crippen molar-refractivity contribution < 1.29 is 24.2 Å². The van der Waals surface area contributed by atoms with E-state index in [4.69, 9.17) is 14.6 Å². The van der Waals surface area contributed by atoms with Crippen LogP contribution in [0, 0.1) is 11.8 Å². The SMILES string of the molecule is COc1ccc(CCNC(=O)C2CCC(C(=O)O)CC2)cc1OC. The molecule has 0 spiro atoms. The van der Waals surface area contributed by atoms with Gasteiger partial charge in [-0.2, -0.15) is 0 Å². The van der Waals surface area contributed by atoms with Crippen molar-refractivity contribution in [3.05, 3.63) is 23.8 Å². The first kappa shape index (κ1) is 18.1. The van der Waals surface area contributed by atoms with E-state index in [1.54, 1.807) is 14.2 Å². The predicted molar refractivity (Wildman–Crippen MR) is 89.3 cm³/mol. The summed E-state index contributed by atoms with van der Waals surface area (Å²) in [6.45, 7) is 0.549. The van der Waals surface area contributed by atoms with E-state index in [-0.39, 0.29) is 17.7 Å². The van der Waals surface area contributed by atoms with E-state index < -0.39 is 5.97 Å². The molecule has 0 aromatic heterocycles. The topological polar surface area (TPSA) is 84.9 Å². The monoisotopic (exact) mass is 335 g/mol. The average Bonchev–Trinajstić information content (AvgIpc) is 2.61. The molecular formula is C18H25NO5. The second-order valence-corrected chi connectivity index (χ2v) is 6.12. The normalized spacial score (nSPS) is 20.2. The van der Waals surface area contributed by atoms with Crippen LogP contribution >= 0.6 is 0 Å². The van der Waals surface area contributed by atoms with Gasteiger partial charge in [-0.25, -0.2) is 0 Å². The number of carboxylic acids is 1. The largest absolute Gasteiger partial charge is 0.493 e. The molecule has 1 aromatic carbocycles. The highest BCUT2D eigenvalue weighted by Crippen LogP contribution is 2.29. The van der Waals surface area contributed by atoms with Crippen LogP contribution in [0.1, 0.15) is 31.2 Å². The Morgan fingerprint density at radius 2 is 1.71 bits per heavy atom. The van der Waals surface area contributed by atoms with Gasteiger partial charge in [0.2, 0.25) is 5.91 Å². The van der Waals surface area contributed by atoms with Crippen LogP contribution in [0.3, 0.4) is 0 Å². The molecule has 0 atom stereocenters. The first-order valence-corrected chi connectivity index (χ1v) is 8.26. The quantitative estimate of drug-likeness (QED) is 0.798. The lowest BCUT2D eigenvalue weighted by molar-refractivity contribution is -0.144. The van der Waals surface area contributed by atoms with E-state index in [1.807, 2.05) is 18.2 Å². The lowest BCUT2D eigenvalue weighted by atomic mass is 9.81. The van der Waals surface area contributed by atoms with E-state index in [0.717, 1.165) is 5.56 Å². The maximum atomic E-state index is 12.2. The molecule has 1 aliphatic carbocycles. The molecule has 2 N–H and O–H groups in total. The first-order valence-electron chi connectivity index (χ1n) is 8.26. The van der Waals surface area contributed by atoms with E-state index in [2.05, 4.69) is 5.32 Å². The van der Waals surface area contributed by atoms with E-state index in [0.29, 0.717) is 50.1 Å². The van der Waals surface area contributed by atoms with Gasteiger partial charge in [-0.05, 0) is 49.8 Å².